The van der Waals surface area contributed by atoms with Crippen molar-refractivity contribution in [2.45, 2.75) is 17.9 Å². The number of halogens is 2. The van der Waals surface area contributed by atoms with Gasteiger partial charge in [-0.3, -0.25) is 0 Å². The van der Waals surface area contributed by atoms with Crippen LogP contribution in [-0.2, 0) is 0 Å². The monoisotopic (exact) mass is 326 g/mol. The van der Waals surface area contributed by atoms with Crippen molar-refractivity contribution in [2.24, 2.45) is 0 Å². The number of hydrogen-bond acceptors (Lipinski definition) is 1. The zero-order valence-corrected chi connectivity index (χ0v) is 8.86. The molecular weight excluding hydrogens is 316 g/mol. The minimum atomic E-state index is 0.397. The Bertz CT molecular complexity index is 40.7. The first-order valence-corrected chi connectivity index (χ1v) is 9.82. The number of rotatable bonds is 3. The summed E-state index contributed by atoms with van der Waals surface area (Å²) in [6.07, 6.45) is 0. The van der Waals surface area contributed by atoms with Gasteiger partial charge in [-0.1, -0.05) is 0 Å². The predicted octanol–water partition coefficient (Wildman–Crippen LogP) is -1.62. The standard InChI is InChI=1S/C4H10I2N/c1-3-7-4(2)6-5/h4,7H,3H2,1-2H3/q-1/t4-/m0/s1. The Kier molecular flexibility index (Phi) is 6.68. The summed E-state index contributed by atoms with van der Waals surface area (Å²) in [5.74, 6) is 0. The second-order valence-electron chi connectivity index (χ2n) is 1.26. The summed E-state index contributed by atoms with van der Waals surface area (Å²) in [5.41, 5.74) is 0. The third kappa shape index (κ3) is 5.29. The van der Waals surface area contributed by atoms with E-state index >= 15 is 0 Å². The Hall–Kier alpha value is 1.42. The fourth-order valence-electron chi connectivity index (χ4n) is 0.310. The Morgan fingerprint density at radius 3 is 2.57 bits per heavy atom. The first kappa shape index (κ1) is 8.42. The molecule has 1 atom stereocenters. The van der Waals surface area contributed by atoms with E-state index in [4.69, 9.17) is 0 Å². The third-order valence-corrected chi connectivity index (χ3v) is 6.49. The van der Waals surface area contributed by atoms with Gasteiger partial charge in [0.2, 0.25) is 0 Å². The van der Waals surface area contributed by atoms with E-state index in [1.807, 2.05) is 0 Å². The van der Waals surface area contributed by atoms with E-state index in [1.54, 1.807) is 0 Å². The second kappa shape index (κ2) is 5.55. The van der Waals surface area contributed by atoms with Crippen LogP contribution in [-0.4, -0.2) is 10.6 Å². The van der Waals surface area contributed by atoms with Gasteiger partial charge >= 0.3 is 65.6 Å². The first-order chi connectivity index (χ1) is 3.31. The van der Waals surface area contributed by atoms with Crippen molar-refractivity contribution >= 4 is 18.6 Å². The molecule has 0 aliphatic carbocycles. The van der Waals surface area contributed by atoms with Gasteiger partial charge < -0.3 is 0 Å². The van der Waals surface area contributed by atoms with Gasteiger partial charge in [-0.25, -0.2) is 0 Å². The molecule has 46 valence electrons. The summed E-state index contributed by atoms with van der Waals surface area (Å²) in [6.45, 7) is 5.50. The summed E-state index contributed by atoms with van der Waals surface area (Å²) in [5, 5.41) is 3.34. The summed E-state index contributed by atoms with van der Waals surface area (Å²) in [6, 6.07) is 0. The molecule has 7 heavy (non-hydrogen) atoms. The molecule has 0 aromatic heterocycles. The predicted molar refractivity (Wildman–Crippen MR) is 37.2 cm³/mol. The number of nitrogens with one attached hydrogen (secondary N) is 1. The maximum atomic E-state index is 3.34. The van der Waals surface area contributed by atoms with Crippen molar-refractivity contribution in [1.29, 1.82) is 0 Å². The third-order valence-electron chi connectivity index (χ3n) is 0.609. The molecule has 0 saturated heterocycles. The molecule has 0 aliphatic heterocycles. The zero-order chi connectivity index (χ0) is 5.70. The molecule has 1 nitrogen and oxygen atoms in total. The molecule has 0 rings (SSSR count). The van der Waals surface area contributed by atoms with Crippen LogP contribution in [0, 0.1) is 0 Å². The molecular formula is C4H10I2N-. The molecule has 0 aliphatic rings. The van der Waals surface area contributed by atoms with E-state index in [0.29, 0.717) is 17.2 Å². The molecule has 0 aromatic carbocycles. The van der Waals surface area contributed by atoms with Crippen molar-refractivity contribution in [3.63, 3.8) is 0 Å². The number of hydrogen-bond donors (Lipinski definition) is 1. The van der Waals surface area contributed by atoms with Gasteiger partial charge in [0.1, 0.15) is 0 Å². The average molecular weight is 326 g/mol. The maximum absolute atomic E-state index is 3.34. The SMILES string of the molecule is CCN[C@@H](C)[I-]I. The van der Waals surface area contributed by atoms with Gasteiger partial charge in [0.15, 0.2) is 0 Å². The molecule has 0 unspecified atom stereocenters. The van der Waals surface area contributed by atoms with Gasteiger partial charge in [0, 0.05) is 0 Å². The Morgan fingerprint density at radius 2 is 2.43 bits per heavy atom. The summed E-state index contributed by atoms with van der Waals surface area (Å²) in [4.78, 5) is 0. The van der Waals surface area contributed by atoms with Crippen LogP contribution in [0.5, 0.6) is 0 Å². The van der Waals surface area contributed by atoms with E-state index in [0.717, 1.165) is 10.6 Å². The van der Waals surface area contributed by atoms with E-state index in [2.05, 4.69) is 37.8 Å². The Morgan fingerprint density at radius 1 is 1.86 bits per heavy atom. The molecule has 0 radical (unpaired) electrons. The van der Waals surface area contributed by atoms with Crippen LogP contribution in [0.4, 0.5) is 0 Å². The topological polar surface area (TPSA) is 12.0 Å². The summed E-state index contributed by atoms with van der Waals surface area (Å²) in [7, 11) is 0. The number of alkyl halides is 1. The van der Waals surface area contributed by atoms with Crippen LogP contribution < -0.4 is 22.5 Å². The van der Waals surface area contributed by atoms with E-state index < -0.39 is 0 Å². The van der Waals surface area contributed by atoms with Crippen molar-refractivity contribution in [3.8, 4) is 0 Å². The van der Waals surface area contributed by atoms with E-state index in [1.165, 1.54) is 0 Å². The molecule has 0 fully saturated rings. The van der Waals surface area contributed by atoms with Crippen LogP contribution in [0.25, 0.3) is 0 Å². The van der Waals surface area contributed by atoms with Gasteiger partial charge in [-0.15, -0.1) is 0 Å². The van der Waals surface area contributed by atoms with E-state index in [-0.39, 0.29) is 0 Å². The van der Waals surface area contributed by atoms with Crippen molar-refractivity contribution in [3.05, 3.63) is 0 Å². The summed E-state index contributed by atoms with van der Waals surface area (Å²) >= 11 is 2.88. The molecule has 0 bridgehead atoms. The molecule has 1 N–H and O–H groups in total. The van der Waals surface area contributed by atoms with Crippen LogP contribution in [0.2, 0.25) is 0 Å². The van der Waals surface area contributed by atoms with Crippen LogP contribution in [0.1, 0.15) is 13.8 Å². The average Bonchev–Trinajstić information content (AvgIpc) is 1.68. The van der Waals surface area contributed by atoms with Crippen LogP contribution >= 0.6 is 18.6 Å². The van der Waals surface area contributed by atoms with Gasteiger partial charge in [-0.2, -0.15) is 0 Å². The van der Waals surface area contributed by atoms with Gasteiger partial charge in [-0.05, 0) is 0 Å². The minimum absolute atomic E-state index is 0.397. The van der Waals surface area contributed by atoms with Crippen molar-refractivity contribution < 1.29 is 17.2 Å². The fraction of sp³-hybridized carbons (Fsp3) is 1.00. The summed E-state index contributed by atoms with van der Waals surface area (Å²) < 4.78 is 0.796. The second-order valence-corrected chi connectivity index (χ2v) is 6.75. The zero-order valence-electron chi connectivity index (χ0n) is 4.54. The van der Waals surface area contributed by atoms with E-state index in [9.17, 15) is 0 Å². The normalized spacial score (nSPS) is 14.7. The first-order valence-electron chi connectivity index (χ1n) is 2.29. The Labute approximate surface area is 65.1 Å². The van der Waals surface area contributed by atoms with Gasteiger partial charge in [0.25, 0.3) is 0 Å². The molecule has 3 heteroatoms. The molecule has 0 saturated carbocycles. The van der Waals surface area contributed by atoms with Crippen LogP contribution in [0.15, 0.2) is 0 Å². The quantitative estimate of drug-likeness (QED) is 0.374. The van der Waals surface area contributed by atoms with Gasteiger partial charge in [0.05, 0.1) is 0 Å². The fourth-order valence-corrected chi connectivity index (χ4v) is 2.03. The molecule has 0 aromatic rings. The van der Waals surface area contributed by atoms with Crippen molar-refractivity contribution in [1.82, 2.24) is 5.32 Å². The molecule has 0 amide bonds. The van der Waals surface area contributed by atoms with Crippen LogP contribution in [0.3, 0.4) is 0 Å². The van der Waals surface area contributed by atoms with Crippen molar-refractivity contribution in [2.75, 3.05) is 6.54 Å². The molecule has 0 spiro atoms. The Balaban J connectivity index is 2.83. The molecule has 0 heterocycles.